The molecule has 62 valence electrons. The largest absolute Gasteiger partial charge is 0.480 e. The molecule has 0 radical (unpaired) electrons. The van der Waals surface area contributed by atoms with Crippen LogP contribution in [0.3, 0.4) is 0 Å². The summed E-state index contributed by atoms with van der Waals surface area (Å²) in [5, 5.41) is 7.87. The fourth-order valence-electron chi connectivity index (χ4n) is 0. The van der Waals surface area contributed by atoms with Gasteiger partial charge in [-0.1, -0.05) is 0 Å². The highest BCUT2D eigenvalue weighted by molar-refractivity contribution is 7.30. The molecule has 1 atom stereocenters. The second-order valence-corrected chi connectivity index (χ2v) is 1.97. The predicted molar refractivity (Wildman–Crippen MR) is 34.7 cm³/mol. The van der Waals surface area contributed by atoms with E-state index in [-0.39, 0.29) is 0 Å². The van der Waals surface area contributed by atoms with Crippen molar-refractivity contribution in [1.82, 2.24) is 0 Å². The first-order chi connectivity index (χ1) is 4.37. The molecule has 0 aromatic carbocycles. The van der Waals surface area contributed by atoms with E-state index < -0.39 is 20.3 Å². The first kappa shape index (κ1) is 12.3. The number of nitrogens with two attached hydrogens (primary N) is 1. The standard InChI is InChI=1S/C3H7NO2.H3O3P/c1-2(4)3(5)6;1-4(2)3/h2H,4H2,1H3,(H,5,6);4H,(H2,1,2,3)/t2-;/m0./s1. The Morgan fingerprint density at radius 1 is 1.60 bits per heavy atom. The lowest BCUT2D eigenvalue weighted by Crippen LogP contribution is -2.25. The van der Waals surface area contributed by atoms with Gasteiger partial charge in [0, 0.05) is 0 Å². The third-order valence-electron chi connectivity index (χ3n) is 0.390. The Morgan fingerprint density at radius 3 is 1.70 bits per heavy atom. The van der Waals surface area contributed by atoms with Gasteiger partial charge < -0.3 is 20.6 Å². The molecule has 0 unspecified atom stereocenters. The van der Waals surface area contributed by atoms with E-state index >= 15 is 0 Å². The summed E-state index contributed by atoms with van der Waals surface area (Å²) < 4.78 is 8.74. The van der Waals surface area contributed by atoms with Crippen molar-refractivity contribution >= 4 is 14.2 Å². The predicted octanol–water partition coefficient (Wildman–Crippen LogP) is -1.22. The van der Waals surface area contributed by atoms with Crippen LogP contribution in [0.4, 0.5) is 0 Å². The summed E-state index contributed by atoms with van der Waals surface area (Å²) in [5.41, 5.74) is 4.84. The summed E-state index contributed by atoms with van der Waals surface area (Å²) in [4.78, 5) is 23.9. The van der Waals surface area contributed by atoms with E-state index in [4.69, 9.17) is 25.2 Å². The van der Waals surface area contributed by atoms with Crippen molar-refractivity contribution in [3.8, 4) is 0 Å². The monoisotopic (exact) mass is 171 g/mol. The van der Waals surface area contributed by atoms with Crippen LogP contribution in [0.5, 0.6) is 0 Å². The number of rotatable bonds is 1. The van der Waals surface area contributed by atoms with Gasteiger partial charge in [-0.25, -0.2) is 0 Å². The van der Waals surface area contributed by atoms with E-state index in [1.54, 1.807) is 0 Å². The van der Waals surface area contributed by atoms with Crippen LogP contribution < -0.4 is 5.73 Å². The second-order valence-electron chi connectivity index (χ2n) is 1.41. The summed E-state index contributed by atoms with van der Waals surface area (Å²) in [6.45, 7) is 1.42. The maximum absolute atomic E-state index is 9.57. The maximum Gasteiger partial charge on any atom is 0.320 e. The minimum atomic E-state index is -3.13. The van der Waals surface area contributed by atoms with Gasteiger partial charge in [0.05, 0.1) is 0 Å². The molecule has 0 fully saturated rings. The minimum Gasteiger partial charge on any atom is -0.480 e. The molecule has 0 aromatic heterocycles. The van der Waals surface area contributed by atoms with Crippen molar-refractivity contribution in [2.45, 2.75) is 13.0 Å². The fourth-order valence-corrected chi connectivity index (χ4v) is 0. The van der Waals surface area contributed by atoms with Crippen LogP contribution >= 0.6 is 8.25 Å². The SMILES string of the molecule is C[C@H](N)C(=O)O.O=[PH](O)O. The van der Waals surface area contributed by atoms with Gasteiger partial charge in [-0.3, -0.25) is 9.36 Å². The minimum absolute atomic E-state index is 0.731. The van der Waals surface area contributed by atoms with Crippen molar-refractivity contribution in [2.24, 2.45) is 5.73 Å². The van der Waals surface area contributed by atoms with Crippen molar-refractivity contribution < 1.29 is 24.3 Å². The molecule has 0 aromatic rings. The molecule has 0 saturated carbocycles. The van der Waals surface area contributed by atoms with Crippen molar-refractivity contribution in [1.29, 1.82) is 0 Å². The highest BCUT2D eigenvalue weighted by atomic mass is 31.1. The van der Waals surface area contributed by atoms with Crippen LogP contribution in [0.2, 0.25) is 0 Å². The molecular formula is C3H10NO5P. The molecule has 0 aliphatic carbocycles. The lowest BCUT2D eigenvalue weighted by atomic mass is 10.4. The molecule has 7 heteroatoms. The van der Waals surface area contributed by atoms with E-state index in [2.05, 4.69) is 0 Å². The van der Waals surface area contributed by atoms with Crippen LogP contribution in [0.15, 0.2) is 0 Å². The van der Waals surface area contributed by atoms with Gasteiger partial charge >= 0.3 is 14.2 Å². The lowest BCUT2D eigenvalue weighted by molar-refractivity contribution is -0.138. The van der Waals surface area contributed by atoms with E-state index in [9.17, 15) is 4.79 Å². The molecule has 0 aliphatic rings. The van der Waals surface area contributed by atoms with Crippen LogP contribution in [0, 0.1) is 0 Å². The fraction of sp³-hybridized carbons (Fsp3) is 0.667. The molecule has 10 heavy (non-hydrogen) atoms. The zero-order chi connectivity index (χ0) is 8.73. The molecule has 0 saturated heterocycles. The molecule has 0 heterocycles. The number of carboxylic acid groups (broad SMARTS) is 1. The molecule has 0 rings (SSSR count). The van der Waals surface area contributed by atoms with Crippen molar-refractivity contribution in [3.05, 3.63) is 0 Å². The van der Waals surface area contributed by atoms with E-state index in [0.717, 1.165) is 0 Å². The smallest absolute Gasteiger partial charge is 0.320 e. The van der Waals surface area contributed by atoms with Crippen molar-refractivity contribution in [3.63, 3.8) is 0 Å². The highest BCUT2D eigenvalue weighted by Crippen LogP contribution is 1.98. The Kier molecular flexibility index (Phi) is 8.22. The third-order valence-corrected chi connectivity index (χ3v) is 0.390. The average Bonchev–Trinajstić information content (AvgIpc) is 1.63. The molecule has 0 bridgehead atoms. The zero-order valence-corrected chi connectivity index (χ0v) is 6.31. The van der Waals surface area contributed by atoms with Gasteiger partial charge in [-0.05, 0) is 6.92 Å². The molecule has 5 N–H and O–H groups in total. The van der Waals surface area contributed by atoms with Gasteiger partial charge in [-0.15, -0.1) is 0 Å². The molecule has 0 aliphatic heterocycles. The molecule has 0 spiro atoms. The molecular weight excluding hydrogens is 161 g/mol. The summed E-state index contributed by atoms with van der Waals surface area (Å²) in [6.07, 6.45) is 0. The third kappa shape index (κ3) is 25.6. The zero-order valence-electron chi connectivity index (χ0n) is 5.31. The van der Waals surface area contributed by atoms with Gasteiger partial charge in [0.2, 0.25) is 0 Å². The number of hydrogen-bond acceptors (Lipinski definition) is 3. The Labute approximate surface area is 58.2 Å². The van der Waals surface area contributed by atoms with Gasteiger partial charge in [0.25, 0.3) is 0 Å². The molecule has 0 amide bonds. The normalized spacial score (nSPS) is 11.7. The summed E-state index contributed by atoms with van der Waals surface area (Å²) in [7, 11) is -3.13. The topological polar surface area (TPSA) is 121 Å². The number of carboxylic acids is 1. The number of carbonyl (C=O) groups is 1. The van der Waals surface area contributed by atoms with Crippen LogP contribution in [-0.2, 0) is 9.36 Å². The van der Waals surface area contributed by atoms with Crippen LogP contribution in [0.25, 0.3) is 0 Å². The van der Waals surface area contributed by atoms with Gasteiger partial charge in [0.15, 0.2) is 0 Å². The molecule has 6 nitrogen and oxygen atoms in total. The summed E-state index contributed by atoms with van der Waals surface area (Å²) in [5.74, 6) is -0.963. The van der Waals surface area contributed by atoms with Crippen molar-refractivity contribution in [2.75, 3.05) is 0 Å². The number of aliphatic carboxylic acids is 1. The highest BCUT2D eigenvalue weighted by Gasteiger charge is 1.99. The first-order valence-electron chi connectivity index (χ1n) is 2.28. The summed E-state index contributed by atoms with van der Waals surface area (Å²) >= 11 is 0. The van der Waals surface area contributed by atoms with E-state index in [1.165, 1.54) is 6.92 Å². The second kappa shape index (κ2) is 6.70. The quantitative estimate of drug-likeness (QED) is 0.367. The first-order valence-corrected chi connectivity index (χ1v) is 3.58. The Balaban J connectivity index is 0. The lowest BCUT2D eigenvalue weighted by Gasteiger charge is -1.90. The Morgan fingerprint density at radius 2 is 1.70 bits per heavy atom. The van der Waals surface area contributed by atoms with Crippen LogP contribution in [0.1, 0.15) is 6.92 Å². The van der Waals surface area contributed by atoms with Gasteiger partial charge in [0.1, 0.15) is 6.04 Å². The Hall–Kier alpha value is -0.420. The van der Waals surface area contributed by atoms with E-state index in [0.29, 0.717) is 0 Å². The average molecular weight is 171 g/mol. The Bertz CT molecular complexity index is 120. The van der Waals surface area contributed by atoms with Crippen LogP contribution in [-0.4, -0.2) is 26.9 Å². The van der Waals surface area contributed by atoms with E-state index in [1.807, 2.05) is 0 Å². The maximum atomic E-state index is 9.57. The van der Waals surface area contributed by atoms with Gasteiger partial charge in [-0.2, -0.15) is 0 Å². The number of hydrogen-bond donors (Lipinski definition) is 4. The summed E-state index contributed by atoms with van der Waals surface area (Å²) in [6, 6.07) is -0.731.